The van der Waals surface area contributed by atoms with Gasteiger partial charge in [-0.2, -0.15) is 0 Å². The summed E-state index contributed by atoms with van der Waals surface area (Å²) in [6.07, 6.45) is -2.98. The van der Waals surface area contributed by atoms with Crippen LogP contribution in [0.4, 0.5) is 0 Å². The van der Waals surface area contributed by atoms with E-state index in [0.29, 0.717) is 0 Å². The molecule has 4 nitrogen and oxygen atoms in total. The van der Waals surface area contributed by atoms with Gasteiger partial charge in [-0.1, -0.05) is 29.5 Å². The number of ether oxygens (including phenoxy) is 1. The van der Waals surface area contributed by atoms with Gasteiger partial charge in [-0.15, -0.1) is 0 Å². The summed E-state index contributed by atoms with van der Waals surface area (Å²) in [6, 6.07) is 7.68. The Hall–Kier alpha value is -1.38. The van der Waals surface area contributed by atoms with E-state index < -0.39 is 24.4 Å². The summed E-state index contributed by atoms with van der Waals surface area (Å²) in [6.45, 7) is 1.81. The maximum absolute atomic E-state index is 9.81. The quantitative estimate of drug-likeness (QED) is 0.633. The number of aliphatic hydroxyl groups excluding tert-OH is 3. The van der Waals surface area contributed by atoms with Crippen LogP contribution >= 0.6 is 0 Å². The van der Waals surface area contributed by atoms with E-state index in [1.165, 1.54) is 0 Å². The van der Waals surface area contributed by atoms with E-state index in [9.17, 15) is 10.2 Å². The highest BCUT2D eigenvalue weighted by molar-refractivity contribution is 5.36. The Bertz CT molecular complexity index is 471. The van der Waals surface area contributed by atoms with E-state index in [-0.39, 0.29) is 13.0 Å². The highest BCUT2D eigenvalue weighted by Crippen LogP contribution is 2.19. The summed E-state index contributed by atoms with van der Waals surface area (Å²) in [5, 5.41) is 28.6. The third-order valence-corrected chi connectivity index (χ3v) is 3.16. The van der Waals surface area contributed by atoms with Crippen molar-refractivity contribution < 1.29 is 20.1 Å². The molecule has 102 valence electrons. The SMILES string of the molecule is Cc1ccc(C#CC2OC(CO)CC(O)C2O)cc1. The van der Waals surface area contributed by atoms with E-state index in [2.05, 4.69) is 11.8 Å². The molecule has 4 unspecified atom stereocenters. The molecule has 1 saturated heterocycles. The molecule has 3 N–H and O–H groups in total. The van der Waals surface area contributed by atoms with Crippen LogP contribution in [0.25, 0.3) is 0 Å². The Labute approximate surface area is 112 Å². The van der Waals surface area contributed by atoms with Gasteiger partial charge in [0.25, 0.3) is 0 Å². The lowest BCUT2D eigenvalue weighted by Crippen LogP contribution is -2.48. The van der Waals surface area contributed by atoms with Crippen LogP contribution in [0.15, 0.2) is 24.3 Å². The highest BCUT2D eigenvalue weighted by Gasteiger charge is 2.35. The molecule has 0 saturated carbocycles. The topological polar surface area (TPSA) is 69.9 Å². The first-order chi connectivity index (χ1) is 9.10. The standard InChI is InChI=1S/C15H18O4/c1-10-2-4-11(5-3-10)6-7-14-15(18)13(17)8-12(9-16)19-14/h2-5,12-18H,8-9H2,1H3. The molecule has 4 heteroatoms. The third-order valence-electron chi connectivity index (χ3n) is 3.16. The second-order valence-corrected chi connectivity index (χ2v) is 4.79. The Morgan fingerprint density at radius 3 is 2.58 bits per heavy atom. The summed E-state index contributed by atoms with van der Waals surface area (Å²) in [4.78, 5) is 0. The van der Waals surface area contributed by atoms with Crippen LogP contribution in [0.1, 0.15) is 17.5 Å². The maximum Gasteiger partial charge on any atom is 0.147 e. The first kappa shape index (κ1) is 14.0. The molecule has 19 heavy (non-hydrogen) atoms. The average Bonchev–Trinajstić information content (AvgIpc) is 2.42. The Morgan fingerprint density at radius 2 is 1.95 bits per heavy atom. The van der Waals surface area contributed by atoms with Crippen molar-refractivity contribution in [2.45, 2.75) is 37.8 Å². The summed E-state index contributed by atoms with van der Waals surface area (Å²) in [5.74, 6) is 5.72. The minimum atomic E-state index is -1.04. The Morgan fingerprint density at radius 1 is 1.26 bits per heavy atom. The zero-order valence-corrected chi connectivity index (χ0v) is 10.8. The van der Waals surface area contributed by atoms with Gasteiger partial charge in [-0.3, -0.25) is 0 Å². The lowest BCUT2D eigenvalue weighted by atomic mass is 9.98. The predicted molar refractivity (Wildman–Crippen MR) is 70.4 cm³/mol. The van der Waals surface area contributed by atoms with Gasteiger partial charge in [0, 0.05) is 12.0 Å². The van der Waals surface area contributed by atoms with Crippen LogP contribution in [-0.4, -0.2) is 46.3 Å². The molecule has 0 aromatic heterocycles. The summed E-state index contributed by atoms with van der Waals surface area (Å²) in [7, 11) is 0. The smallest absolute Gasteiger partial charge is 0.147 e. The van der Waals surface area contributed by atoms with Gasteiger partial charge in [-0.25, -0.2) is 0 Å². The van der Waals surface area contributed by atoms with Crippen LogP contribution in [0.3, 0.4) is 0 Å². The van der Waals surface area contributed by atoms with Crippen molar-refractivity contribution in [2.24, 2.45) is 0 Å². The predicted octanol–water partition coefficient (Wildman–Crippen LogP) is 0.218. The fourth-order valence-corrected chi connectivity index (χ4v) is 1.98. The number of hydrogen-bond donors (Lipinski definition) is 3. The van der Waals surface area contributed by atoms with E-state index in [4.69, 9.17) is 9.84 Å². The maximum atomic E-state index is 9.81. The Kier molecular flexibility index (Phi) is 4.56. The monoisotopic (exact) mass is 262 g/mol. The molecule has 1 aliphatic heterocycles. The van der Waals surface area contributed by atoms with Crippen molar-refractivity contribution in [3.8, 4) is 11.8 Å². The molecule has 1 fully saturated rings. The average molecular weight is 262 g/mol. The van der Waals surface area contributed by atoms with E-state index >= 15 is 0 Å². The van der Waals surface area contributed by atoms with Crippen LogP contribution in [0.5, 0.6) is 0 Å². The van der Waals surface area contributed by atoms with E-state index in [0.717, 1.165) is 11.1 Å². The molecule has 0 aliphatic carbocycles. The summed E-state index contributed by atoms with van der Waals surface area (Å²) < 4.78 is 5.43. The van der Waals surface area contributed by atoms with Crippen LogP contribution in [0, 0.1) is 18.8 Å². The van der Waals surface area contributed by atoms with Crippen molar-refractivity contribution in [1.82, 2.24) is 0 Å². The number of benzene rings is 1. The normalized spacial score (nSPS) is 30.5. The van der Waals surface area contributed by atoms with E-state index in [1.54, 1.807) is 0 Å². The van der Waals surface area contributed by atoms with Gasteiger partial charge in [-0.05, 0) is 19.1 Å². The molecule has 0 bridgehead atoms. The molecule has 1 aromatic rings. The largest absolute Gasteiger partial charge is 0.394 e. The second-order valence-electron chi connectivity index (χ2n) is 4.79. The highest BCUT2D eigenvalue weighted by atomic mass is 16.5. The van der Waals surface area contributed by atoms with Crippen molar-refractivity contribution in [3.05, 3.63) is 35.4 Å². The van der Waals surface area contributed by atoms with Crippen LogP contribution in [0.2, 0.25) is 0 Å². The van der Waals surface area contributed by atoms with Gasteiger partial charge in [0.05, 0.1) is 18.8 Å². The zero-order valence-electron chi connectivity index (χ0n) is 10.8. The van der Waals surface area contributed by atoms with Crippen LogP contribution < -0.4 is 0 Å². The molecular formula is C15H18O4. The third kappa shape index (κ3) is 3.55. The van der Waals surface area contributed by atoms with Crippen molar-refractivity contribution in [3.63, 3.8) is 0 Å². The van der Waals surface area contributed by atoms with Gasteiger partial charge in [0.2, 0.25) is 0 Å². The Balaban J connectivity index is 2.10. The van der Waals surface area contributed by atoms with Gasteiger partial charge in [0.1, 0.15) is 12.2 Å². The number of hydrogen-bond acceptors (Lipinski definition) is 4. The summed E-state index contributed by atoms with van der Waals surface area (Å²) in [5.41, 5.74) is 1.97. The van der Waals surface area contributed by atoms with Crippen molar-refractivity contribution >= 4 is 0 Å². The van der Waals surface area contributed by atoms with Gasteiger partial charge < -0.3 is 20.1 Å². The van der Waals surface area contributed by atoms with Gasteiger partial charge in [0.15, 0.2) is 0 Å². The molecule has 1 heterocycles. The fourth-order valence-electron chi connectivity index (χ4n) is 1.98. The number of aryl methyl sites for hydroxylation is 1. The number of aliphatic hydroxyl groups is 3. The molecular weight excluding hydrogens is 244 g/mol. The van der Waals surface area contributed by atoms with E-state index in [1.807, 2.05) is 31.2 Å². The fraction of sp³-hybridized carbons (Fsp3) is 0.467. The molecule has 1 aliphatic rings. The minimum Gasteiger partial charge on any atom is -0.394 e. The molecule has 0 spiro atoms. The van der Waals surface area contributed by atoms with Crippen LogP contribution in [-0.2, 0) is 4.74 Å². The minimum absolute atomic E-state index is 0.188. The molecule has 0 amide bonds. The van der Waals surface area contributed by atoms with Crippen molar-refractivity contribution in [1.29, 1.82) is 0 Å². The lowest BCUT2D eigenvalue weighted by molar-refractivity contribution is -0.156. The molecule has 0 radical (unpaired) electrons. The molecule has 2 rings (SSSR count). The van der Waals surface area contributed by atoms with Crippen molar-refractivity contribution in [2.75, 3.05) is 6.61 Å². The number of rotatable bonds is 1. The first-order valence-corrected chi connectivity index (χ1v) is 6.31. The van der Waals surface area contributed by atoms with Gasteiger partial charge >= 0.3 is 0 Å². The zero-order chi connectivity index (χ0) is 13.8. The summed E-state index contributed by atoms with van der Waals surface area (Å²) >= 11 is 0. The second kappa shape index (κ2) is 6.18. The first-order valence-electron chi connectivity index (χ1n) is 6.31. The molecule has 4 atom stereocenters. The molecule has 1 aromatic carbocycles. The lowest BCUT2D eigenvalue weighted by Gasteiger charge is -2.33.